The number of fused-ring (bicyclic) bond motifs is 1. The number of carbonyl (C=O) groups excluding carboxylic acids is 1. The van der Waals surface area contributed by atoms with Crippen molar-refractivity contribution in [3.63, 3.8) is 0 Å². The lowest BCUT2D eigenvalue weighted by Gasteiger charge is -2.16. The van der Waals surface area contributed by atoms with Gasteiger partial charge in [0.2, 0.25) is 0 Å². The molecule has 1 amide bonds. The molecule has 5 heteroatoms. The number of nitrogens with two attached hydrogens (primary N) is 2. The highest BCUT2D eigenvalue weighted by Gasteiger charge is 2.50. The zero-order valence-corrected chi connectivity index (χ0v) is 9.62. The molecule has 2 aliphatic rings. The Kier molecular flexibility index (Phi) is 3.57. The van der Waals surface area contributed by atoms with E-state index in [9.17, 15) is 4.79 Å². The van der Waals surface area contributed by atoms with Crippen LogP contribution >= 0.6 is 0 Å². The summed E-state index contributed by atoms with van der Waals surface area (Å²) in [6, 6.07) is 0.557. The number of hydrogen-bond acceptors (Lipinski definition) is 4. The summed E-state index contributed by atoms with van der Waals surface area (Å²) in [5.74, 6) is 1.69. The first-order valence-corrected chi connectivity index (χ1v) is 5.26. The summed E-state index contributed by atoms with van der Waals surface area (Å²) in [7, 11) is 0. The van der Waals surface area contributed by atoms with E-state index < -0.39 is 11.7 Å². The van der Waals surface area contributed by atoms with Gasteiger partial charge in [0.25, 0.3) is 0 Å². The number of amides is 1. The SMILES string of the molecule is CC(C)(C)OC(N)=O.NC1C2CNCC12. The molecule has 15 heavy (non-hydrogen) atoms. The minimum atomic E-state index is -0.725. The van der Waals surface area contributed by atoms with Gasteiger partial charge in [0, 0.05) is 6.04 Å². The topological polar surface area (TPSA) is 90.4 Å². The van der Waals surface area contributed by atoms with Crippen molar-refractivity contribution in [2.24, 2.45) is 23.3 Å². The maximum absolute atomic E-state index is 10.0. The Hall–Kier alpha value is -0.810. The summed E-state index contributed by atoms with van der Waals surface area (Å²) in [6.07, 6.45) is -0.725. The van der Waals surface area contributed by atoms with E-state index in [1.54, 1.807) is 20.8 Å². The number of hydrogen-bond donors (Lipinski definition) is 3. The van der Waals surface area contributed by atoms with E-state index in [0.29, 0.717) is 6.04 Å². The van der Waals surface area contributed by atoms with E-state index in [2.05, 4.69) is 10.1 Å². The predicted octanol–water partition coefficient (Wildman–Crippen LogP) is 0.0431. The third-order valence-electron chi connectivity index (χ3n) is 2.56. The summed E-state index contributed by atoms with van der Waals surface area (Å²) >= 11 is 0. The molecule has 0 spiro atoms. The fourth-order valence-electron chi connectivity index (χ4n) is 1.77. The molecule has 2 unspecified atom stereocenters. The first kappa shape index (κ1) is 12.3. The zero-order valence-electron chi connectivity index (χ0n) is 9.62. The molecule has 88 valence electrons. The molecule has 5 N–H and O–H groups in total. The Labute approximate surface area is 90.5 Å². The second-order valence-corrected chi connectivity index (χ2v) is 5.10. The number of carbonyl (C=O) groups is 1. The van der Waals surface area contributed by atoms with Crippen molar-refractivity contribution in [3.8, 4) is 0 Å². The van der Waals surface area contributed by atoms with Gasteiger partial charge in [-0.25, -0.2) is 4.79 Å². The van der Waals surface area contributed by atoms with Crippen LogP contribution in [0.1, 0.15) is 20.8 Å². The highest BCUT2D eigenvalue weighted by Crippen LogP contribution is 2.39. The molecule has 2 fully saturated rings. The van der Waals surface area contributed by atoms with Crippen molar-refractivity contribution in [3.05, 3.63) is 0 Å². The number of rotatable bonds is 0. The molecule has 5 nitrogen and oxygen atoms in total. The molecular formula is C10H21N3O2. The fourth-order valence-corrected chi connectivity index (χ4v) is 1.77. The lowest BCUT2D eigenvalue weighted by atomic mass is 10.2. The van der Waals surface area contributed by atoms with Crippen LogP contribution in [0.4, 0.5) is 4.79 Å². The van der Waals surface area contributed by atoms with E-state index in [4.69, 9.17) is 11.5 Å². The maximum atomic E-state index is 10.0. The van der Waals surface area contributed by atoms with Crippen molar-refractivity contribution >= 4 is 6.09 Å². The smallest absolute Gasteiger partial charge is 0.405 e. The lowest BCUT2D eigenvalue weighted by molar-refractivity contribution is 0.0600. The van der Waals surface area contributed by atoms with E-state index >= 15 is 0 Å². The van der Waals surface area contributed by atoms with Crippen molar-refractivity contribution in [2.45, 2.75) is 32.4 Å². The Morgan fingerprint density at radius 1 is 1.33 bits per heavy atom. The normalized spacial score (nSPS) is 32.4. The van der Waals surface area contributed by atoms with Crippen LogP contribution in [0.15, 0.2) is 0 Å². The summed E-state index contributed by atoms with van der Waals surface area (Å²) in [4.78, 5) is 10.0. The Morgan fingerprint density at radius 3 is 1.93 bits per heavy atom. The van der Waals surface area contributed by atoms with Gasteiger partial charge in [0.1, 0.15) is 5.60 Å². The second-order valence-electron chi connectivity index (χ2n) is 5.10. The van der Waals surface area contributed by atoms with Crippen LogP contribution in [0.5, 0.6) is 0 Å². The third-order valence-corrected chi connectivity index (χ3v) is 2.56. The van der Waals surface area contributed by atoms with Gasteiger partial charge in [-0.3, -0.25) is 0 Å². The van der Waals surface area contributed by atoms with Gasteiger partial charge >= 0.3 is 6.09 Å². The molecule has 1 saturated carbocycles. The Morgan fingerprint density at radius 2 is 1.80 bits per heavy atom. The minimum absolute atomic E-state index is 0.453. The molecule has 1 aliphatic carbocycles. The van der Waals surface area contributed by atoms with Gasteiger partial charge in [0.15, 0.2) is 0 Å². The summed E-state index contributed by atoms with van der Waals surface area (Å²) in [6.45, 7) is 7.63. The molecule has 1 saturated heterocycles. The minimum Gasteiger partial charge on any atom is -0.444 e. The van der Waals surface area contributed by atoms with Crippen LogP contribution < -0.4 is 16.8 Å². The van der Waals surface area contributed by atoms with Crippen LogP contribution in [0.3, 0.4) is 0 Å². The predicted molar refractivity (Wildman–Crippen MR) is 58.2 cm³/mol. The van der Waals surface area contributed by atoms with Crippen molar-refractivity contribution in [1.82, 2.24) is 5.32 Å². The lowest BCUT2D eigenvalue weighted by Crippen LogP contribution is -2.27. The van der Waals surface area contributed by atoms with Crippen molar-refractivity contribution in [2.75, 3.05) is 13.1 Å². The standard InChI is InChI=1S/C5H10N2.C5H11NO2/c6-5-3-1-7-2-4(3)5;1-5(2,3)8-4(6)7/h3-5,7H,1-2,6H2;1-3H3,(H2,6,7). The maximum Gasteiger partial charge on any atom is 0.405 e. The average molecular weight is 215 g/mol. The number of primary amides is 1. The van der Waals surface area contributed by atoms with Crippen molar-refractivity contribution in [1.29, 1.82) is 0 Å². The molecule has 0 aromatic heterocycles. The Bertz CT molecular complexity index is 227. The van der Waals surface area contributed by atoms with Crippen LogP contribution in [0, 0.1) is 11.8 Å². The number of ether oxygens (including phenoxy) is 1. The number of piperidine rings is 1. The fraction of sp³-hybridized carbons (Fsp3) is 0.900. The quantitative estimate of drug-likeness (QED) is 0.532. The summed E-state index contributed by atoms with van der Waals surface area (Å²) in [5.41, 5.74) is 9.90. The van der Waals surface area contributed by atoms with Gasteiger partial charge in [-0.1, -0.05) is 0 Å². The van der Waals surface area contributed by atoms with Gasteiger partial charge in [-0.15, -0.1) is 0 Å². The van der Waals surface area contributed by atoms with Gasteiger partial charge in [-0.2, -0.15) is 0 Å². The molecule has 2 rings (SSSR count). The third kappa shape index (κ3) is 4.05. The average Bonchev–Trinajstić information content (AvgIpc) is 2.50. The van der Waals surface area contributed by atoms with Crippen LogP contribution in [0.2, 0.25) is 0 Å². The van der Waals surface area contributed by atoms with Gasteiger partial charge in [0.05, 0.1) is 0 Å². The van der Waals surface area contributed by atoms with E-state index in [1.807, 2.05) is 0 Å². The van der Waals surface area contributed by atoms with Crippen LogP contribution in [-0.4, -0.2) is 30.8 Å². The molecule has 1 aliphatic heterocycles. The van der Waals surface area contributed by atoms with Gasteiger partial charge in [-0.05, 0) is 45.7 Å². The molecular weight excluding hydrogens is 194 g/mol. The second kappa shape index (κ2) is 4.37. The van der Waals surface area contributed by atoms with Gasteiger partial charge < -0.3 is 21.5 Å². The first-order chi connectivity index (χ1) is 6.81. The molecule has 0 aromatic carbocycles. The van der Waals surface area contributed by atoms with E-state index in [1.165, 1.54) is 13.1 Å². The van der Waals surface area contributed by atoms with Crippen LogP contribution in [0.25, 0.3) is 0 Å². The zero-order chi connectivity index (χ0) is 11.6. The summed E-state index contributed by atoms with van der Waals surface area (Å²) < 4.78 is 4.58. The number of nitrogens with one attached hydrogen (secondary N) is 1. The molecule has 1 heterocycles. The highest BCUT2D eigenvalue weighted by molar-refractivity contribution is 5.65. The summed E-state index contributed by atoms with van der Waals surface area (Å²) in [5, 5.41) is 3.27. The van der Waals surface area contributed by atoms with E-state index in [-0.39, 0.29) is 0 Å². The molecule has 2 atom stereocenters. The molecule has 0 aromatic rings. The van der Waals surface area contributed by atoms with E-state index in [0.717, 1.165) is 11.8 Å². The van der Waals surface area contributed by atoms with Crippen molar-refractivity contribution < 1.29 is 9.53 Å². The first-order valence-electron chi connectivity index (χ1n) is 5.26. The molecule has 0 radical (unpaired) electrons. The molecule has 0 bridgehead atoms. The monoisotopic (exact) mass is 215 g/mol. The largest absolute Gasteiger partial charge is 0.444 e. The highest BCUT2D eigenvalue weighted by atomic mass is 16.6. The van der Waals surface area contributed by atoms with Crippen LogP contribution in [-0.2, 0) is 4.74 Å². The Balaban J connectivity index is 0.000000150.